The third-order valence-corrected chi connectivity index (χ3v) is 7.08. The molecule has 0 aromatic heterocycles. The van der Waals surface area contributed by atoms with E-state index in [0.29, 0.717) is 43.5 Å². The highest BCUT2D eigenvalue weighted by Crippen LogP contribution is 2.36. The first kappa shape index (κ1) is 21.8. The lowest BCUT2D eigenvalue weighted by atomic mass is 10.1. The average molecular weight is 468 g/mol. The molecule has 3 heterocycles. The molecule has 0 radical (unpaired) electrons. The first-order valence-electron chi connectivity index (χ1n) is 11.1. The Morgan fingerprint density at radius 1 is 1.00 bits per heavy atom. The zero-order valence-corrected chi connectivity index (χ0v) is 19.0. The van der Waals surface area contributed by atoms with Crippen LogP contribution in [0.25, 0.3) is 0 Å². The molecule has 5 rings (SSSR count). The van der Waals surface area contributed by atoms with Crippen LogP contribution in [0.1, 0.15) is 6.42 Å². The van der Waals surface area contributed by atoms with Crippen molar-refractivity contribution in [1.82, 2.24) is 4.90 Å². The van der Waals surface area contributed by atoms with Gasteiger partial charge in [0.05, 0.1) is 36.9 Å². The number of hydrogen-bond acceptors (Lipinski definition) is 6. The van der Waals surface area contributed by atoms with Gasteiger partial charge < -0.3 is 24.2 Å². The fourth-order valence-corrected chi connectivity index (χ4v) is 5.26. The molecule has 0 unspecified atom stereocenters. The van der Waals surface area contributed by atoms with Crippen LogP contribution in [-0.2, 0) is 19.1 Å². The minimum Gasteiger partial charge on any atom is -0.476 e. The van der Waals surface area contributed by atoms with Crippen molar-refractivity contribution in [3.8, 4) is 5.75 Å². The second kappa shape index (κ2) is 9.44. The molecule has 1 saturated heterocycles. The summed E-state index contributed by atoms with van der Waals surface area (Å²) in [5, 5.41) is 0. The van der Waals surface area contributed by atoms with E-state index in [1.807, 2.05) is 42.5 Å². The maximum atomic E-state index is 13.3. The Labute approximate surface area is 196 Å². The molecule has 33 heavy (non-hydrogen) atoms. The predicted molar refractivity (Wildman–Crippen MR) is 125 cm³/mol. The minimum absolute atomic E-state index is 0.00532. The second-order valence-corrected chi connectivity index (χ2v) is 9.09. The average Bonchev–Trinajstić information content (AvgIpc) is 2.87. The van der Waals surface area contributed by atoms with E-state index in [4.69, 9.17) is 9.47 Å². The standard InChI is InChI=1S/C24H25N3O5S/c28-22(9-10-26-18-6-2-4-8-21(18)33-16-23(26)29)27-15-20(24(30)25-11-13-31-14-12-25)32-19-7-3-1-5-17(19)27/h1-8,20H,9-16H2/t20-/m1/s1. The Hall–Kier alpha value is -3.04. The Morgan fingerprint density at radius 2 is 1.73 bits per heavy atom. The summed E-state index contributed by atoms with van der Waals surface area (Å²) in [6.07, 6.45) is -0.618. The van der Waals surface area contributed by atoms with Crippen LogP contribution < -0.4 is 14.5 Å². The van der Waals surface area contributed by atoms with Gasteiger partial charge in [0.2, 0.25) is 11.8 Å². The molecule has 9 heteroatoms. The number of anilines is 2. The molecule has 3 aliphatic rings. The molecule has 2 aromatic rings. The summed E-state index contributed by atoms with van der Waals surface area (Å²) in [5.41, 5.74) is 1.49. The first-order valence-corrected chi connectivity index (χ1v) is 12.0. The molecule has 2 aromatic carbocycles. The lowest BCUT2D eigenvalue weighted by Gasteiger charge is -2.37. The molecule has 1 atom stereocenters. The third kappa shape index (κ3) is 4.43. The number of carbonyl (C=O) groups is 3. The number of benzene rings is 2. The van der Waals surface area contributed by atoms with Gasteiger partial charge >= 0.3 is 0 Å². The summed E-state index contributed by atoms with van der Waals surface area (Å²) in [4.78, 5) is 45.1. The third-order valence-electron chi connectivity index (χ3n) is 6.03. The zero-order valence-electron chi connectivity index (χ0n) is 18.1. The number of fused-ring (bicyclic) bond motifs is 2. The van der Waals surface area contributed by atoms with Crippen LogP contribution in [0.3, 0.4) is 0 Å². The van der Waals surface area contributed by atoms with Gasteiger partial charge in [-0.1, -0.05) is 24.3 Å². The summed E-state index contributed by atoms with van der Waals surface area (Å²) in [7, 11) is 0. The van der Waals surface area contributed by atoms with Gasteiger partial charge in [0, 0.05) is 31.0 Å². The first-order chi connectivity index (χ1) is 16.1. The maximum Gasteiger partial charge on any atom is 0.265 e. The Bertz CT molecular complexity index is 1070. The summed E-state index contributed by atoms with van der Waals surface area (Å²) >= 11 is 1.52. The normalized spacial score (nSPS) is 20.1. The van der Waals surface area contributed by atoms with Gasteiger partial charge in [0.15, 0.2) is 6.10 Å². The number of ether oxygens (including phenoxy) is 2. The van der Waals surface area contributed by atoms with Crippen LogP contribution in [0.2, 0.25) is 0 Å². The maximum absolute atomic E-state index is 13.3. The summed E-state index contributed by atoms with van der Waals surface area (Å²) in [6.45, 7) is 2.47. The zero-order chi connectivity index (χ0) is 22.8. The van der Waals surface area contributed by atoms with Crippen LogP contribution in [0, 0.1) is 0 Å². The van der Waals surface area contributed by atoms with Gasteiger partial charge in [-0.15, -0.1) is 11.8 Å². The molecule has 1 fully saturated rings. The van der Waals surface area contributed by atoms with E-state index in [1.54, 1.807) is 20.8 Å². The molecular weight excluding hydrogens is 442 g/mol. The number of nitrogens with zero attached hydrogens (tertiary/aromatic N) is 3. The summed E-state index contributed by atoms with van der Waals surface area (Å²) < 4.78 is 11.3. The van der Waals surface area contributed by atoms with Gasteiger partial charge in [-0.2, -0.15) is 0 Å². The predicted octanol–water partition coefficient (Wildman–Crippen LogP) is 2.17. The van der Waals surface area contributed by atoms with Gasteiger partial charge in [-0.3, -0.25) is 14.4 Å². The molecule has 0 spiro atoms. The van der Waals surface area contributed by atoms with Crippen molar-refractivity contribution in [2.24, 2.45) is 0 Å². The van der Waals surface area contributed by atoms with E-state index < -0.39 is 6.10 Å². The molecule has 8 nitrogen and oxygen atoms in total. The smallest absolute Gasteiger partial charge is 0.265 e. The molecule has 0 saturated carbocycles. The van der Waals surface area contributed by atoms with Crippen LogP contribution in [0.15, 0.2) is 53.4 Å². The topological polar surface area (TPSA) is 79.4 Å². The Balaban J connectivity index is 1.32. The van der Waals surface area contributed by atoms with Crippen LogP contribution in [0.5, 0.6) is 5.75 Å². The highest BCUT2D eigenvalue weighted by Gasteiger charge is 2.36. The number of carbonyl (C=O) groups excluding carboxylic acids is 3. The number of para-hydroxylation sites is 3. The van der Waals surface area contributed by atoms with Gasteiger partial charge in [0.1, 0.15) is 5.75 Å². The van der Waals surface area contributed by atoms with Crippen LogP contribution >= 0.6 is 11.8 Å². The molecule has 0 bridgehead atoms. The summed E-state index contributed by atoms with van der Waals surface area (Å²) in [6, 6.07) is 15.0. The lowest BCUT2D eigenvalue weighted by Crippen LogP contribution is -2.54. The number of amides is 3. The highest BCUT2D eigenvalue weighted by atomic mass is 32.2. The van der Waals surface area contributed by atoms with E-state index >= 15 is 0 Å². The van der Waals surface area contributed by atoms with E-state index in [0.717, 1.165) is 10.6 Å². The molecule has 3 aliphatic heterocycles. The van der Waals surface area contributed by atoms with E-state index in [-0.39, 0.29) is 37.2 Å². The largest absolute Gasteiger partial charge is 0.476 e. The van der Waals surface area contributed by atoms with Crippen molar-refractivity contribution >= 4 is 40.9 Å². The Morgan fingerprint density at radius 3 is 2.55 bits per heavy atom. The van der Waals surface area contributed by atoms with Crippen molar-refractivity contribution < 1.29 is 23.9 Å². The fourth-order valence-electron chi connectivity index (χ4n) is 4.33. The molecular formula is C24H25N3O5S. The number of thioether (sulfide) groups is 1. The van der Waals surface area contributed by atoms with Crippen LogP contribution in [-0.4, -0.2) is 73.9 Å². The number of hydrogen-bond donors (Lipinski definition) is 0. The molecule has 172 valence electrons. The quantitative estimate of drug-likeness (QED) is 0.686. The van der Waals surface area contributed by atoms with Gasteiger partial charge in [-0.05, 0) is 24.3 Å². The van der Waals surface area contributed by atoms with E-state index in [1.165, 1.54) is 11.8 Å². The van der Waals surface area contributed by atoms with Gasteiger partial charge in [0.25, 0.3) is 5.91 Å². The van der Waals surface area contributed by atoms with Crippen molar-refractivity contribution in [1.29, 1.82) is 0 Å². The summed E-state index contributed by atoms with van der Waals surface area (Å²) in [5.74, 6) is 0.590. The highest BCUT2D eigenvalue weighted by molar-refractivity contribution is 8.00. The molecule has 0 aliphatic carbocycles. The number of morpholine rings is 1. The van der Waals surface area contributed by atoms with Crippen LogP contribution in [0.4, 0.5) is 11.4 Å². The second-order valence-electron chi connectivity index (χ2n) is 8.07. The number of rotatable bonds is 4. The van der Waals surface area contributed by atoms with Crippen molar-refractivity contribution in [2.75, 3.05) is 54.9 Å². The molecule has 3 amide bonds. The fraction of sp³-hybridized carbons (Fsp3) is 0.375. The van der Waals surface area contributed by atoms with E-state index in [2.05, 4.69) is 0 Å². The minimum atomic E-state index is -0.768. The van der Waals surface area contributed by atoms with Crippen molar-refractivity contribution in [3.05, 3.63) is 48.5 Å². The monoisotopic (exact) mass is 467 g/mol. The Kier molecular flexibility index (Phi) is 6.24. The van der Waals surface area contributed by atoms with Crippen molar-refractivity contribution in [2.45, 2.75) is 17.4 Å². The van der Waals surface area contributed by atoms with E-state index in [9.17, 15) is 14.4 Å². The van der Waals surface area contributed by atoms with Gasteiger partial charge in [-0.25, -0.2) is 0 Å². The molecule has 0 N–H and O–H groups in total. The lowest BCUT2D eigenvalue weighted by molar-refractivity contribution is -0.142. The SMILES string of the molecule is O=C([C@H]1CN(C(=O)CCN2C(=O)CSc3ccccc32)c2ccccc2O1)N1CCOCC1. The van der Waals surface area contributed by atoms with Crippen molar-refractivity contribution in [3.63, 3.8) is 0 Å².